The van der Waals surface area contributed by atoms with Crippen LogP contribution in [0.5, 0.6) is 0 Å². The van der Waals surface area contributed by atoms with Gasteiger partial charge in [0.15, 0.2) is 0 Å². The summed E-state index contributed by atoms with van der Waals surface area (Å²) in [6.07, 6.45) is 2.60. The van der Waals surface area contributed by atoms with Crippen molar-refractivity contribution < 1.29 is 22.5 Å². The third-order valence-corrected chi connectivity index (χ3v) is 2.26. The molecule has 0 radical (unpaired) electrons. The van der Waals surface area contributed by atoms with Crippen molar-refractivity contribution in [1.29, 1.82) is 0 Å². The van der Waals surface area contributed by atoms with Gasteiger partial charge in [0.25, 0.3) is 10.1 Å². The average Bonchev–Trinajstić information content (AvgIpc) is 2.08. The SMILES string of the molecule is C=CC(=O)OCCCCCS(=O)(=O)O. The van der Waals surface area contributed by atoms with Crippen molar-refractivity contribution >= 4 is 16.1 Å². The van der Waals surface area contributed by atoms with Gasteiger partial charge in [-0.15, -0.1) is 0 Å². The summed E-state index contributed by atoms with van der Waals surface area (Å²) in [6, 6.07) is 0. The zero-order chi connectivity index (χ0) is 11.0. The molecule has 0 aliphatic rings. The number of carbonyl (C=O) groups excluding carboxylic acids is 1. The standard InChI is InChI=1S/C8H14O5S/c1-2-8(9)13-6-4-3-5-7-14(10,11)12/h2H,1,3-7H2,(H,10,11,12). The summed E-state index contributed by atoms with van der Waals surface area (Å²) < 4.78 is 33.6. The lowest BCUT2D eigenvalue weighted by atomic mass is 10.3. The van der Waals surface area contributed by atoms with E-state index >= 15 is 0 Å². The van der Waals surface area contributed by atoms with Gasteiger partial charge >= 0.3 is 5.97 Å². The van der Waals surface area contributed by atoms with Crippen molar-refractivity contribution in [2.75, 3.05) is 12.4 Å². The highest BCUT2D eigenvalue weighted by atomic mass is 32.2. The van der Waals surface area contributed by atoms with Gasteiger partial charge in [-0.3, -0.25) is 4.55 Å². The Hall–Kier alpha value is -0.880. The first kappa shape index (κ1) is 13.1. The molecule has 0 heterocycles. The molecule has 0 saturated carbocycles. The Morgan fingerprint density at radius 2 is 2.00 bits per heavy atom. The number of carbonyl (C=O) groups is 1. The molecule has 0 aromatic heterocycles. The topological polar surface area (TPSA) is 80.7 Å². The third-order valence-electron chi connectivity index (χ3n) is 1.46. The van der Waals surface area contributed by atoms with Crippen molar-refractivity contribution in [3.63, 3.8) is 0 Å². The Labute approximate surface area is 83.5 Å². The Morgan fingerprint density at radius 3 is 2.50 bits per heavy atom. The summed E-state index contributed by atoms with van der Waals surface area (Å²) in [4.78, 5) is 10.5. The van der Waals surface area contributed by atoms with Crippen LogP contribution in [0.4, 0.5) is 0 Å². The van der Waals surface area contributed by atoms with Gasteiger partial charge < -0.3 is 4.74 Å². The van der Waals surface area contributed by atoms with Gasteiger partial charge in [0.2, 0.25) is 0 Å². The van der Waals surface area contributed by atoms with Crippen molar-refractivity contribution in [3.05, 3.63) is 12.7 Å². The monoisotopic (exact) mass is 222 g/mol. The Bertz CT molecular complexity index is 280. The molecule has 0 bridgehead atoms. The summed E-state index contributed by atoms with van der Waals surface area (Å²) in [6.45, 7) is 3.47. The summed E-state index contributed by atoms with van der Waals surface area (Å²) in [7, 11) is -3.86. The molecule has 0 aliphatic heterocycles. The van der Waals surface area contributed by atoms with Crippen LogP contribution in [0.1, 0.15) is 19.3 Å². The fraction of sp³-hybridized carbons (Fsp3) is 0.625. The van der Waals surface area contributed by atoms with E-state index in [0.29, 0.717) is 19.3 Å². The minimum atomic E-state index is -3.86. The molecule has 82 valence electrons. The van der Waals surface area contributed by atoms with Crippen molar-refractivity contribution in [3.8, 4) is 0 Å². The smallest absolute Gasteiger partial charge is 0.330 e. The summed E-state index contributed by atoms with van der Waals surface area (Å²) >= 11 is 0. The molecule has 6 heteroatoms. The molecule has 0 aromatic carbocycles. The predicted octanol–water partition coefficient (Wildman–Crippen LogP) is 0.774. The van der Waals surface area contributed by atoms with E-state index in [2.05, 4.69) is 11.3 Å². The van der Waals surface area contributed by atoms with Crippen LogP contribution in [0.15, 0.2) is 12.7 Å². The molecule has 0 spiro atoms. The zero-order valence-corrected chi connectivity index (χ0v) is 8.62. The molecule has 1 N–H and O–H groups in total. The summed E-state index contributed by atoms with van der Waals surface area (Å²) in [5, 5.41) is 0. The van der Waals surface area contributed by atoms with E-state index in [4.69, 9.17) is 4.55 Å². The molecule has 0 unspecified atom stereocenters. The third kappa shape index (κ3) is 9.21. The molecular formula is C8H14O5S. The fourth-order valence-corrected chi connectivity index (χ4v) is 1.36. The molecule has 5 nitrogen and oxygen atoms in total. The van der Waals surface area contributed by atoms with Gasteiger partial charge in [0.05, 0.1) is 12.4 Å². The zero-order valence-electron chi connectivity index (χ0n) is 7.81. The van der Waals surface area contributed by atoms with E-state index in [0.717, 1.165) is 6.08 Å². The number of rotatable bonds is 7. The second-order valence-electron chi connectivity index (χ2n) is 2.72. The van der Waals surface area contributed by atoms with E-state index in [1.807, 2.05) is 0 Å². The molecule has 0 atom stereocenters. The van der Waals surface area contributed by atoms with Gasteiger partial charge in [0, 0.05) is 6.08 Å². The second kappa shape index (κ2) is 6.56. The van der Waals surface area contributed by atoms with E-state index in [1.54, 1.807) is 0 Å². The van der Waals surface area contributed by atoms with Crippen molar-refractivity contribution in [2.45, 2.75) is 19.3 Å². The van der Waals surface area contributed by atoms with Crippen molar-refractivity contribution in [2.24, 2.45) is 0 Å². The number of ether oxygens (including phenoxy) is 1. The molecule has 14 heavy (non-hydrogen) atoms. The molecule has 0 aliphatic carbocycles. The average molecular weight is 222 g/mol. The lowest BCUT2D eigenvalue weighted by molar-refractivity contribution is -0.137. The van der Waals surface area contributed by atoms with Crippen LogP contribution < -0.4 is 0 Å². The largest absolute Gasteiger partial charge is 0.463 e. The van der Waals surface area contributed by atoms with Gasteiger partial charge in [-0.2, -0.15) is 8.42 Å². The van der Waals surface area contributed by atoms with Crippen LogP contribution in [0, 0.1) is 0 Å². The van der Waals surface area contributed by atoms with Crippen LogP contribution >= 0.6 is 0 Å². The number of hydrogen-bond acceptors (Lipinski definition) is 4. The lowest BCUT2D eigenvalue weighted by Gasteiger charge is -2.00. The maximum Gasteiger partial charge on any atom is 0.330 e. The first-order valence-corrected chi connectivity index (χ1v) is 5.81. The molecular weight excluding hydrogens is 208 g/mol. The Balaban J connectivity index is 3.31. The number of esters is 1. The minimum Gasteiger partial charge on any atom is -0.463 e. The highest BCUT2D eigenvalue weighted by Crippen LogP contribution is 1.99. The number of unbranched alkanes of at least 4 members (excludes halogenated alkanes) is 2. The second-order valence-corrected chi connectivity index (χ2v) is 4.29. The van der Waals surface area contributed by atoms with Crippen molar-refractivity contribution in [1.82, 2.24) is 0 Å². The predicted molar refractivity (Wildman–Crippen MR) is 51.4 cm³/mol. The quantitative estimate of drug-likeness (QED) is 0.298. The maximum absolute atomic E-state index is 10.5. The maximum atomic E-state index is 10.5. The number of hydrogen-bond donors (Lipinski definition) is 1. The normalized spacial score (nSPS) is 10.9. The molecule has 0 amide bonds. The Morgan fingerprint density at radius 1 is 1.36 bits per heavy atom. The van der Waals surface area contributed by atoms with E-state index in [1.165, 1.54) is 0 Å². The molecule has 0 aromatic rings. The first-order chi connectivity index (χ1) is 6.45. The van der Waals surface area contributed by atoms with Crippen LogP contribution in [0.25, 0.3) is 0 Å². The Kier molecular flexibility index (Phi) is 6.14. The summed E-state index contributed by atoms with van der Waals surface area (Å²) in [5.74, 6) is -0.734. The van der Waals surface area contributed by atoms with Crippen LogP contribution in [-0.4, -0.2) is 31.3 Å². The van der Waals surface area contributed by atoms with Gasteiger partial charge in [0.1, 0.15) is 0 Å². The van der Waals surface area contributed by atoms with E-state index in [9.17, 15) is 13.2 Å². The van der Waals surface area contributed by atoms with E-state index < -0.39 is 16.1 Å². The van der Waals surface area contributed by atoms with Crippen LogP contribution in [0.3, 0.4) is 0 Å². The lowest BCUT2D eigenvalue weighted by Crippen LogP contribution is -2.05. The van der Waals surface area contributed by atoms with Gasteiger partial charge in [-0.25, -0.2) is 4.79 Å². The highest BCUT2D eigenvalue weighted by Gasteiger charge is 2.03. The molecule has 0 saturated heterocycles. The highest BCUT2D eigenvalue weighted by molar-refractivity contribution is 7.85. The van der Waals surface area contributed by atoms with E-state index in [-0.39, 0.29) is 12.4 Å². The van der Waals surface area contributed by atoms with Crippen LogP contribution in [-0.2, 0) is 19.6 Å². The first-order valence-electron chi connectivity index (χ1n) is 4.20. The minimum absolute atomic E-state index is 0.246. The molecule has 0 fully saturated rings. The van der Waals surface area contributed by atoms with Crippen LogP contribution in [0.2, 0.25) is 0 Å². The van der Waals surface area contributed by atoms with Gasteiger partial charge in [-0.05, 0) is 19.3 Å². The summed E-state index contributed by atoms with van der Waals surface area (Å²) in [5.41, 5.74) is 0. The fourth-order valence-electron chi connectivity index (χ4n) is 0.795. The van der Waals surface area contributed by atoms with Gasteiger partial charge in [-0.1, -0.05) is 6.58 Å². The molecule has 0 rings (SSSR count).